The Balaban J connectivity index is 1.83. The van der Waals surface area contributed by atoms with Crippen molar-refractivity contribution in [3.8, 4) is 5.75 Å². The van der Waals surface area contributed by atoms with E-state index in [2.05, 4.69) is 34.9 Å². The van der Waals surface area contributed by atoms with Crippen LogP contribution in [0.2, 0.25) is 0 Å². The number of methoxy groups -OCH3 is 1. The maximum atomic E-state index is 5.47. The van der Waals surface area contributed by atoms with Crippen molar-refractivity contribution in [2.24, 2.45) is 0 Å². The largest absolute Gasteiger partial charge is 0.496 e. The van der Waals surface area contributed by atoms with Crippen LogP contribution in [0.1, 0.15) is 24.2 Å². The zero-order valence-electron chi connectivity index (χ0n) is 13.1. The molecule has 0 radical (unpaired) electrons. The van der Waals surface area contributed by atoms with Crippen LogP contribution in [-0.2, 0) is 6.54 Å². The number of aromatic nitrogens is 3. The molecule has 0 aliphatic rings. The molecule has 5 nitrogen and oxygen atoms in total. The first-order valence-corrected chi connectivity index (χ1v) is 7.31. The Labute approximate surface area is 130 Å². The molecular formula is C17H20N4O. The number of para-hydroxylation sites is 1. The zero-order chi connectivity index (χ0) is 15.5. The summed E-state index contributed by atoms with van der Waals surface area (Å²) in [6.07, 6.45) is 5.63. The van der Waals surface area contributed by atoms with Crippen molar-refractivity contribution in [3.63, 3.8) is 0 Å². The molecule has 0 N–H and O–H groups in total. The average molecular weight is 296 g/mol. The summed E-state index contributed by atoms with van der Waals surface area (Å²) in [6.45, 7) is 2.96. The summed E-state index contributed by atoms with van der Waals surface area (Å²) in [5.41, 5.74) is 2.30. The minimum atomic E-state index is 0.235. The van der Waals surface area contributed by atoms with Gasteiger partial charge in [-0.25, -0.2) is 9.97 Å². The molecule has 0 unspecified atom stereocenters. The van der Waals surface area contributed by atoms with Crippen molar-refractivity contribution in [3.05, 3.63) is 60.2 Å². The third kappa shape index (κ3) is 2.67. The van der Waals surface area contributed by atoms with Crippen LogP contribution in [0.25, 0.3) is 5.78 Å². The van der Waals surface area contributed by atoms with Gasteiger partial charge in [-0.05, 0) is 26.1 Å². The molecule has 5 heteroatoms. The average Bonchev–Trinajstić information content (AvgIpc) is 2.97. The van der Waals surface area contributed by atoms with Crippen LogP contribution in [0, 0.1) is 0 Å². The Morgan fingerprint density at radius 3 is 2.86 bits per heavy atom. The number of nitrogens with zero attached hydrogens (tertiary/aromatic N) is 4. The molecule has 0 saturated heterocycles. The highest BCUT2D eigenvalue weighted by Gasteiger charge is 2.17. The second kappa shape index (κ2) is 6.15. The molecule has 1 aromatic carbocycles. The molecule has 1 atom stereocenters. The van der Waals surface area contributed by atoms with Gasteiger partial charge in [0.15, 0.2) is 0 Å². The summed E-state index contributed by atoms with van der Waals surface area (Å²) in [7, 11) is 3.81. The molecular weight excluding hydrogens is 276 g/mol. The van der Waals surface area contributed by atoms with Crippen molar-refractivity contribution < 1.29 is 4.74 Å². The van der Waals surface area contributed by atoms with E-state index < -0.39 is 0 Å². The predicted octanol–water partition coefficient (Wildman–Crippen LogP) is 2.93. The van der Waals surface area contributed by atoms with E-state index in [0.29, 0.717) is 0 Å². The summed E-state index contributed by atoms with van der Waals surface area (Å²) in [4.78, 5) is 10.9. The Hall–Kier alpha value is -2.40. The van der Waals surface area contributed by atoms with Crippen molar-refractivity contribution in [2.45, 2.75) is 19.5 Å². The van der Waals surface area contributed by atoms with E-state index in [0.717, 1.165) is 23.8 Å². The molecule has 22 heavy (non-hydrogen) atoms. The van der Waals surface area contributed by atoms with Crippen LogP contribution in [0.5, 0.6) is 5.75 Å². The van der Waals surface area contributed by atoms with Gasteiger partial charge in [0.2, 0.25) is 5.78 Å². The smallest absolute Gasteiger partial charge is 0.233 e. The van der Waals surface area contributed by atoms with Gasteiger partial charge in [0.1, 0.15) is 5.75 Å². The van der Waals surface area contributed by atoms with E-state index in [1.54, 1.807) is 13.3 Å². The molecule has 0 spiro atoms. The zero-order valence-corrected chi connectivity index (χ0v) is 13.1. The van der Waals surface area contributed by atoms with Gasteiger partial charge in [0.05, 0.1) is 19.0 Å². The molecule has 0 saturated carbocycles. The second-order valence-corrected chi connectivity index (χ2v) is 5.37. The Morgan fingerprint density at radius 2 is 2.05 bits per heavy atom. The Morgan fingerprint density at radius 1 is 1.23 bits per heavy atom. The minimum absolute atomic E-state index is 0.235. The number of hydrogen-bond acceptors (Lipinski definition) is 4. The van der Waals surface area contributed by atoms with Gasteiger partial charge in [-0.3, -0.25) is 9.30 Å². The van der Waals surface area contributed by atoms with Gasteiger partial charge >= 0.3 is 0 Å². The first kappa shape index (κ1) is 14.5. The van der Waals surface area contributed by atoms with Crippen LogP contribution in [0.3, 0.4) is 0 Å². The topological polar surface area (TPSA) is 42.7 Å². The number of hydrogen-bond donors (Lipinski definition) is 0. The predicted molar refractivity (Wildman–Crippen MR) is 85.9 cm³/mol. The third-order valence-corrected chi connectivity index (χ3v) is 4.03. The lowest BCUT2D eigenvalue weighted by Gasteiger charge is -2.26. The monoisotopic (exact) mass is 296 g/mol. The van der Waals surface area contributed by atoms with E-state index in [1.807, 2.05) is 41.1 Å². The number of imidazole rings is 1. The van der Waals surface area contributed by atoms with Crippen LogP contribution >= 0.6 is 0 Å². The van der Waals surface area contributed by atoms with Gasteiger partial charge in [-0.2, -0.15) is 0 Å². The fourth-order valence-corrected chi connectivity index (χ4v) is 2.64. The van der Waals surface area contributed by atoms with Gasteiger partial charge in [0.25, 0.3) is 0 Å². The maximum Gasteiger partial charge on any atom is 0.233 e. The molecule has 0 fully saturated rings. The van der Waals surface area contributed by atoms with E-state index in [4.69, 9.17) is 4.74 Å². The van der Waals surface area contributed by atoms with E-state index in [1.165, 1.54) is 5.56 Å². The number of fused-ring (bicyclic) bond motifs is 1. The Kier molecular flexibility index (Phi) is 4.06. The first-order chi connectivity index (χ1) is 10.7. The summed E-state index contributed by atoms with van der Waals surface area (Å²) in [5, 5.41) is 0. The molecule has 0 aliphatic carbocycles. The molecule has 3 aromatic rings. The maximum absolute atomic E-state index is 5.47. The highest BCUT2D eigenvalue weighted by Crippen LogP contribution is 2.28. The van der Waals surface area contributed by atoms with Crippen molar-refractivity contribution in [1.82, 2.24) is 19.3 Å². The molecule has 0 amide bonds. The third-order valence-electron chi connectivity index (χ3n) is 4.03. The van der Waals surface area contributed by atoms with Gasteiger partial charge in [0, 0.05) is 30.5 Å². The van der Waals surface area contributed by atoms with E-state index in [9.17, 15) is 0 Å². The highest BCUT2D eigenvalue weighted by atomic mass is 16.5. The lowest BCUT2D eigenvalue weighted by Crippen LogP contribution is -2.23. The van der Waals surface area contributed by atoms with Gasteiger partial charge < -0.3 is 4.74 Å². The summed E-state index contributed by atoms with van der Waals surface area (Å²) >= 11 is 0. The van der Waals surface area contributed by atoms with Gasteiger partial charge in [-0.1, -0.05) is 18.2 Å². The number of ether oxygens (including phenoxy) is 1. The van der Waals surface area contributed by atoms with Crippen LogP contribution in [-0.4, -0.2) is 33.4 Å². The summed E-state index contributed by atoms with van der Waals surface area (Å²) in [5.74, 6) is 1.65. The number of rotatable bonds is 5. The standard InChI is InChI=1S/C17H20N4O/c1-13(15-7-4-5-8-16(15)22-3)20(2)12-14-11-19-17-18-9-6-10-21(14)17/h4-11,13H,12H2,1-3H3/t13-/m1/s1. The lowest BCUT2D eigenvalue weighted by atomic mass is 10.1. The van der Waals surface area contributed by atoms with Crippen molar-refractivity contribution >= 4 is 5.78 Å². The molecule has 0 bridgehead atoms. The molecule has 0 aliphatic heterocycles. The summed E-state index contributed by atoms with van der Waals surface area (Å²) in [6, 6.07) is 10.3. The fourth-order valence-electron chi connectivity index (χ4n) is 2.64. The molecule has 2 aromatic heterocycles. The van der Waals surface area contributed by atoms with Gasteiger partial charge in [-0.15, -0.1) is 0 Å². The molecule has 2 heterocycles. The Bertz CT molecular complexity index is 768. The quantitative estimate of drug-likeness (QED) is 0.726. The normalized spacial score (nSPS) is 12.7. The van der Waals surface area contributed by atoms with Crippen LogP contribution in [0.4, 0.5) is 0 Å². The van der Waals surface area contributed by atoms with E-state index in [-0.39, 0.29) is 6.04 Å². The molecule has 114 valence electrons. The minimum Gasteiger partial charge on any atom is -0.496 e. The van der Waals surface area contributed by atoms with Crippen molar-refractivity contribution in [2.75, 3.05) is 14.2 Å². The summed E-state index contributed by atoms with van der Waals surface area (Å²) < 4.78 is 7.49. The van der Waals surface area contributed by atoms with Crippen molar-refractivity contribution in [1.29, 1.82) is 0 Å². The molecule has 3 rings (SSSR count). The van der Waals surface area contributed by atoms with Crippen LogP contribution < -0.4 is 4.74 Å². The van der Waals surface area contributed by atoms with Crippen LogP contribution in [0.15, 0.2) is 48.9 Å². The highest BCUT2D eigenvalue weighted by molar-refractivity contribution is 5.36. The lowest BCUT2D eigenvalue weighted by molar-refractivity contribution is 0.243. The van der Waals surface area contributed by atoms with E-state index >= 15 is 0 Å². The first-order valence-electron chi connectivity index (χ1n) is 7.31. The number of benzene rings is 1. The fraction of sp³-hybridized carbons (Fsp3) is 0.294. The SMILES string of the molecule is COc1ccccc1[C@@H](C)N(C)Cc1cnc2ncccn12. The second-order valence-electron chi connectivity index (χ2n) is 5.37.